The van der Waals surface area contributed by atoms with Crippen molar-refractivity contribution in [3.05, 3.63) is 80.3 Å². The number of nitrogens with zero attached hydrogens (tertiary/aromatic N) is 4. The third-order valence-corrected chi connectivity index (χ3v) is 9.04. The lowest BCUT2D eigenvalue weighted by Crippen LogP contribution is -2.08. The fraction of sp³-hybridized carbons (Fsp3) is 0.308. The molecule has 2 atom stereocenters. The van der Waals surface area contributed by atoms with E-state index in [0.717, 1.165) is 26.7 Å². The number of rotatable bonds is 9. The van der Waals surface area contributed by atoms with E-state index in [9.17, 15) is 9.18 Å². The van der Waals surface area contributed by atoms with Gasteiger partial charge in [0.05, 0.1) is 41.8 Å². The van der Waals surface area contributed by atoms with Gasteiger partial charge in [-0.25, -0.2) is 9.37 Å². The lowest BCUT2D eigenvalue weighted by molar-refractivity contribution is -0.136. The number of aliphatic carboxylic acids is 1. The maximum absolute atomic E-state index is 14.1. The first kappa shape index (κ1) is 26.5. The average Bonchev–Trinajstić information content (AvgIpc) is 3.53. The number of thiazole rings is 1. The predicted molar refractivity (Wildman–Crippen MR) is 145 cm³/mol. The van der Waals surface area contributed by atoms with Crippen molar-refractivity contribution in [2.24, 2.45) is 0 Å². The van der Waals surface area contributed by atoms with Crippen LogP contribution in [0, 0.1) is 0 Å². The summed E-state index contributed by atoms with van der Waals surface area (Å²) in [5.74, 6) is 1.16. The first-order valence-corrected chi connectivity index (χ1v) is 13.9. The van der Waals surface area contributed by atoms with E-state index in [0.29, 0.717) is 35.2 Å². The van der Waals surface area contributed by atoms with Gasteiger partial charge in [-0.1, -0.05) is 23.7 Å². The molecule has 0 bridgehead atoms. The van der Waals surface area contributed by atoms with Gasteiger partial charge in [0.2, 0.25) is 0 Å². The smallest absolute Gasteiger partial charge is 0.303 e. The highest BCUT2D eigenvalue weighted by molar-refractivity contribution is 8.00. The van der Waals surface area contributed by atoms with E-state index in [-0.39, 0.29) is 22.7 Å². The topological polar surface area (TPSA) is 99.4 Å². The van der Waals surface area contributed by atoms with Crippen molar-refractivity contribution < 1.29 is 23.8 Å². The van der Waals surface area contributed by atoms with Crippen LogP contribution in [0.3, 0.4) is 0 Å². The fourth-order valence-electron chi connectivity index (χ4n) is 4.57. The molecule has 0 radical (unpaired) electrons. The maximum Gasteiger partial charge on any atom is 0.303 e. The summed E-state index contributed by atoms with van der Waals surface area (Å²) in [6.45, 7) is -0.782. The Bertz CT molecular complexity index is 1480. The van der Waals surface area contributed by atoms with Crippen LogP contribution in [0.1, 0.15) is 49.6 Å². The molecule has 198 valence electrons. The number of fused-ring (bicyclic) bond motifs is 3. The summed E-state index contributed by atoms with van der Waals surface area (Å²) in [6, 6.07) is 11.2. The SMILES string of the molecule is COc1cccc([C@H]2S[C@H](Cc3ncc(CCC(=O)O)s3)c3nnc(CF)n3-c3ccc(Cl)cc32)c1OC. The molecule has 5 rings (SSSR count). The van der Waals surface area contributed by atoms with Gasteiger partial charge in [0.1, 0.15) is 6.67 Å². The summed E-state index contributed by atoms with van der Waals surface area (Å²) in [5, 5.41) is 18.5. The number of hydrogen-bond acceptors (Lipinski definition) is 8. The van der Waals surface area contributed by atoms with Crippen LogP contribution in [0.4, 0.5) is 4.39 Å². The molecule has 4 aromatic rings. The molecule has 12 heteroatoms. The molecule has 0 unspecified atom stereocenters. The van der Waals surface area contributed by atoms with Crippen LogP contribution in [-0.2, 0) is 24.3 Å². The Labute approximate surface area is 231 Å². The third-order valence-electron chi connectivity index (χ3n) is 6.24. The first-order valence-electron chi connectivity index (χ1n) is 11.7. The maximum atomic E-state index is 14.1. The number of hydrogen-bond donors (Lipinski definition) is 1. The molecule has 0 spiro atoms. The minimum Gasteiger partial charge on any atom is -0.493 e. The molecule has 0 amide bonds. The highest BCUT2D eigenvalue weighted by atomic mass is 35.5. The quantitative estimate of drug-likeness (QED) is 0.260. The van der Waals surface area contributed by atoms with E-state index >= 15 is 0 Å². The Morgan fingerprint density at radius 1 is 1.18 bits per heavy atom. The van der Waals surface area contributed by atoms with Gasteiger partial charge in [0, 0.05) is 28.1 Å². The van der Waals surface area contributed by atoms with Gasteiger partial charge in [-0.2, -0.15) is 0 Å². The molecule has 0 saturated heterocycles. The molecule has 38 heavy (non-hydrogen) atoms. The summed E-state index contributed by atoms with van der Waals surface area (Å²) >= 11 is 9.58. The largest absolute Gasteiger partial charge is 0.493 e. The van der Waals surface area contributed by atoms with Gasteiger partial charge in [0.25, 0.3) is 0 Å². The highest BCUT2D eigenvalue weighted by Crippen LogP contribution is 2.53. The fourth-order valence-corrected chi connectivity index (χ4v) is 7.35. The Morgan fingerprint density at radius 2 is 2.03 bits per heavy atom. The monoisotopic (exact) mass is 574 g/mol. The molecule has 1 aliphatic heterocycles. The number of aromatic nitrogens is 4. The van der Waals surface area contributed by atoms with E-state index in [1.165, 1.54) is 11.3 Å². The van der Waals surface area contributed by atoms with E-state index in [4.69, 9.17) is 26.2 Å². The van der Waals surface area contributed by atoms with E-state index < -0.39 is 12.6 Å². The summed E-state index contributed by atoms with van der Waals surface area (Å²) in [4.78, 5) is 16.5. The summed E-state index contributed by atoms with van der Waals surface area (Å²) in [7, 11) is 3.19. The Balaban J connectivity index is 1.64. The zero-order chi connectivity index (χ0) is 26.8. The first-order chi connectivity index (χ1) is 18.4. The van der Waals surface area contributed by atoms with Crippen molar-refractivity contribution in [3.63, 3.8) is 0 Å². The molecule has 3 heterocycles. The number of carboxylic acid groups (broad SMARTS) is 1. The zero-order valence-electron chi connectivity index (χ0n) is 20.6. The predicted octanol–water partition coefficient (Wildman–Crippen LogP) is 6.00. The number of thioether (sulfide) groups is 1. The molecule has 0 aliphatic carbocycles. The van der Waals surface area contributed by atoms with Crippen LogP contribution in [0.25, 0.3) is 5.69 Å². The Kier molecular flexibility index (Phi) is 7.87. The van der Waals surface area contributed by atoms with Gasteiger partial charge in [-0.3, -0.25) is 9.36 Å². The van der Waals surface area contributed by atoms with Crippen LogP contribution in [0.5, 0.6) is 11.5 Å². The summed E-state index contributed by atoms with van der Waals surface area (Å²) in [5.41, 5.74) is 2.49. The lowest BCUT2D eigenvalue weighted by Gasteiger charge is -2.23. The second-order valence-corrected chi connectivity index (χ2v) is 11.5. The lowest BCUT2D eigenvalue weighted by atomic mass is 10.0. The van der Waals surface area contributed by atoms with Gasteiger partial charge < -0.3 is 14.6 Å². The van der Waals surface area contributed by atoms with Gasteiger partial charge in [-0.15, -0.1) is 33.3 Å². The standard InChI is InChI=1S/C26H24ClFN4O4S2/c1-35-19-5-3-4-16(24(19)36-2)25-17-10-14(27)6-8-18(17)32-21(12-28)30-31-26(32)20(38-25)11-22-29-13-15(37-22)7-9-23(33)34/h3-6,8,10,13,20,25H,7,9,11-12H2,1-2H3,(H,33,34)/t20-,25-/m1/s1. The van der Waals surface area contributed by atoms with Crippen molar-refractivity contribution >= 4 is 40.7 Å². The molecule has 2 aromatic heterocycles. The number of carbonyl (C=O) groups is 1. The molecule has 0 fully saturated rings. The number of para-hydroxylation sites is 1. The van der Waals surface area contributed by atoms with E-state index in [1.54, 1.807) is 42.8 Å². The zero-order valence-corrected chi connectivity index (χ0v) is 22.9. The van der Waals surface area contributed by atoms with Crippen LogP contribution < -0.4 is 9.47 Å². The molecule has 0 saturated carbocycles. The van der Waals surface area contributed by atoms with Crippen molar-refractivity contribution in [1.82, 2.24) is 19.7 Å². The van der Waals surface area contributed by atoms with E-state index in [1.807, 2.05) is 30.3 Å². The van der Waals surface area contributed by atoms with Crippen molar-refractivity contribution in [3.8, 4) is 17.2 Å². The van der Waals surface area contributed by atoms with Crippen LogP contribution in [0.15, 0.2) is 42.6 Å². The molecular formula is C26H24ClFN4O4S2. The molecular weight excluding hydrogens is 551 g/mol. The number of benzene rings is 2. The van der Waals surface area contributed by atoms with Crippen LogP contribution in [0.2, 0.25) is 5.02 Å². The van der Waals surface area contributed by atoms with Gasteiger partial charge >= 0.3 is 5.97 Å². The number of carboxylic acids is 1. The minimum absolute atomic E-state index is 0.0434. The Hall–Kier alpha value is -3.15. The van der Waals surface area contributed by atoms with Crippen molar-refractivity contribution in [1.29, 1.82) is 0 Å². The van der Waals surface area contributed by atoms with E-state index in [2.05, 4.69) is 15.2 Å². The van der Waals surface area contributed by atoms with Crippen molar-refractivity contribution in [2.75, 3.05) is 14.2 Å². The third kappa shape index (κ3) is 5.10. The number of alkyl halides is 1. The van der Waals surface area contributed by atoms with Gasteiger partial charge in [0.15, 0.2) is 23.1 Å². The number of aryl methyl sites for hydroxylation is 1. The summed E-state index contributed by atoms with van der Waals surface area (Å²) in [6.07, 6.45) is 2.68. The average molecular weight is 575 g/mol. The molecule has 2 aromatic carbocycles. The Morgan fingerprint density at radius 3 is 2.76 bits per heavy atom. The molecule has 1 aliphatic rings. The van der Waals surface area contributed by atoms with Crippen LogP contribution >= 0.6 is 34.7 Å². The van der Waals surface area contributed by atoms with Crippen LogP contribution in [-0.4, -0.2) is 45.0 Å². The number of methoxy groups -OCH3 is 2. The number of ether oxygens (including phenoxy) is 2. The second-order valence-electron chi connectivity index (χ2n) is 8.55. The normalized spacial score (nSPS) is 16.4. The van der Waals surface area contributed by atoms with Gasteiger partial charge in [-0.05, 0) is 36.2 Å². The van der Waals surface area contributed by atoms with Crippen molar-refractivity contribution in [2.45, 2.75) is 36.4 Å². The minimum atomic E-state index is -0.849. The second kappa shape index (κ2) is 11.3. The summed E-state index contributed by atoms with van der Waals surface area (Å²) < 4.78 is 27.3. The highest BCUT2D eigenvalue weighted by Gasteiger charge is 2.36. The molecule has 1 N–H and O–H groups in total. The molecule has 8 nitrogen and oxygen atoms in total. The number of halogens is 2.